The third-order valence-electron chi connectivity index (χ3n) is 4.74. The minimum Gasteiger partial charge on any atom is -0.491 e. The summed E-state index contributed by atoms with van der Waals surface area (Å²) in [6.07, 6.45) is 2.10. The van der Waals surface area contributed by atoms with Crippen molar-refractivity contribution in [2.45, 2.75) is 25.9 Å². The lowest BCUT2D eigenvalue weighted by Crippen LogP contribution is -2.33. The molecule has 0 saturated carbocycles. The highest BCUT2D eigenvalue weighted by Gasteiger charge is 2.27. The Morgan fingerprint density at radius 2 is 1.76 bits per heavy atom. The Hall–Kier alpha value is -3.69. The van der Waals surface area contributed by atoms with E-state index in [4.69, 9.17) is 19.8 Å². The molecule has 176 valence electrons. The van der Waals surface area contributed by atoms with Crippen molar-refractivity contribution < 1.29 is 34.2 Å². The standard InChI is InChI=1S/C24H28N2O7/c1-17(9-5-8-14-21(28)26-31)22(19-12-6-7-13-20(19)32-16-15-27)33-24(30)25-23(29)18-10-3-2-4-11-18/h2-4,6-8,10-14,17,22,27,31H,5,9,15-16H2,1H3,(H,26,28)(H,25,29,30)/b14-8+/t17-,22-/m1/s1. The Bertz CT molecular complexity index is 947. The van der Waals surface area contributed by atoms with Crippen molar-refractivity contribution in [1.82, 2.24) is 10.8 Å². The topological polar surface area (TPSA) is 134 Å². The van der Waals surface area contributed by atoms with Crippen LogP contribution in [0.25, 0.3) is 0 Å². The predicted octanol–water partition coefficient (Wildman–Crippen LogP) is 3.14. The summed E-state index contributed by atoms with van der Waals surface area (Å²) in [6.45, 7) is 1.74. The van der Waals surface area contributed by atoms with E-state index >= 15 is 0 Å². The number of hydrogen-bond donors (Lipinski definition) is 4. The molecule has 33 heavy (non-hydrogen) atoms. The van der Waals surface area contributed by atoms with Crippen molar-refractivity contribution in [2.24, 2.45) is 5.92 Å². The van der Waals surface area contributed by atoms with Crippen LogP contribution in [0.5, 0.6) is 5.75 Å². The molecule has 2 aromatic rings. The highest BCUT2D eigenvalue weighted by Crippen LogP contribution is 2.35. The van der Waals surface area contributed by atoms with Crippen LogP contribution < -0.4 is 15.5 Å². The number of imide groups is 1. The zero-order valence-electron chi connectivity index (χ0n) is 18.3. The van der Waals surface area contributed by atoms with Gasteiger partial charge in [0.15, 0.2) is 0 Å². The van der Waals surface area contributed by atoms with Crippen LogP contribution in [0.15, 0.2) is 66.7 Å². The number of amides is 3. The van der Waals surface area contributed by atoms with E-state index in [1.807, 2.05) is 6.92 Å². The molecule has 0 unspecified atom stereocenters. The van der Waals surface area contributed by atoms with Gasteiger partial charge in [0.25, 0.3) is 11.8 Å². The van der Waals surface area contributed by atoms with Gasteiger partial charge in [0.1, 0.15) is 18.5 Å². The second kappa shape index (κ2) is 13.7. The van der Waals surface area contributed by atoms with Crippen LogP contribution in [0.4, 0.5) is 4.79 Å². The second-order valence-corrected chi connectivity index (χ2v) is 7.19. The molecule has 0 spiro atoms. The normalized spacial score (nSPS) is 12.6. The summed E-state index contributed by atoms with van der Waals surface area (Å²) < 4.78 is 11.3. The number of ether oxygens (including phenoxy) is 2. The number of nitrogens with one attached hydrogen (secondary N) is 2. The summed E-state index contributed by atoms with van der Waals surface area (Å²) in [5, 5.41) is 19.9. The molecule has 0 aliphatic heterocycles. The van der Waals surface area contributed by atoms with Gasteiger partial charge in [-0.25, -0.2) is 10.3 Å². The Balaban J connectivity index is 2.18. The van der Waals surface area contributed by atoms with Crippen molar-refractivity contribution in [2.75, 3.05) is 13.2 Å². The molecule has 0 radical (unpaired) electrons. The van der Waals surface area contributed by atoms with Gasteiger partial charge in [0, 0.05) is 17.2 Å². The van der Waals surface area contributed by atoms with Crippen molar-refractivity contribution >= 4 is 17.9 Å². The molecule has 0 aliphatic carbocycles. The van der Waals surface area contributed by atoms with Gasteiger partial charge in [-0.1, -0.05) is 49.4 Å². The van der Waals surface area contributed by atoms with Crippen molar-refractivity contribution in [3.8, 4) is 5.75 Å². The van der Waals surface area contributed by atoms with E-state index in [9.17, 15) is 14.4 Å². The van der Waals surface area contributed by atoms with E-state index in [0.717, 1.165) is 0 Å². The Morgan fingerprint density at radius 1 is 1.06 bits per heavy atom. The van der Waals surface area contributed by atoms with Gasteiger partial charge in [-0.05, 0) is 37.0 Å². The number of benzene rings is 2. The number of hydroxylamine groups is 1. The third-order valence-corrected chi connectivity index (χ3v) is 4.74. The van der Waals surface area contributed by atoms with Crippen LogP contribution >= 0.6 is 0 Å². The predicted molar refractivity (Wildman–Crippen MR) is 120 cm³/mol. The van der Waals surface area contributed by atoms with Crippen LogP contribution in [0, 0.1) is 5.92 Å². The SMILES string of the molecule is C[C@H](CC/C=C/C(=O)NO)[C@@H](OC(=O)NC(=O)c1ccccc1)c1ccccc1OCCO. The molecule has 9 nitrogen and oxygen atoms in total. The molecule has 2 aromatic carbocycles. The molecule has 4 N–H and O–H groups in total. The van der Waals surface area contributed by atoms with Gasteiger partial charge >= 0.3 is 6.09 Å². The molecular weight excluding hydrogens is 428 g/mol. The fourth-order valence-electron chi connectivity index (χ4n) is 3.13. The van der Waals surface area contributed by atoms with Gasteiger partial charge in [0.05, 0.1) is 6.61 Å². The van der Waals surface area contributed by atoms with Crippen LogP contribution in [0.1, 0.15) is 41.8 Å². The summed E-state index contributed by atoms with van der Waals surface area (Å²) in [7, 11) is 0. The lowest BCUT2D eigenvalue weighted by Gasteiger charge is -2.26. The molecule has 2 atom stereocenters. The molecule has 0 fully saturated rings. The molecule has 0 aliphatic rings. The molecule has 9 heteroatoms. The van der Waals surface area contributed by atoms with Crippen molar-refractivity contribution in [3.05, 3.63) is 77.9 Å². The molecule has 0 saturated heterocycles. The van der Waals surface area contributed by atoms with E-state index in [0.29, 0.717) is 29.7 Å². The summed E-state index contributed by atoms with van der Waals surface area (Å²) in [4.78, 5) is 36.0. The Labute approximate surface area is 192 Å². The second-order valence-electron chi connectivity index (χ2n) is 7.19. The molecule has 0 aromatic heterocycles. The Morgan fingerprint density at radius 3 is 2.45 bits per heavy atom. The largest absolute Gasteiger partial charge is 0.491 e. The zero-order valence-corrected chi connectivity index (χ0v) is 18.3. The number of allylic oxidation sites excluding steroid dienone is 1. The highest BCUT2D eigenvalue weighted by molar-refractivity contribution is 6.02. The number of aliphatic hydroxyl groups is 1. The van der Waals surface area contributed by atoms with Gasteiger partial charge in [-0.3, -0.25) is 20.1 Å². The number of para-hydroxylation sites is 1. The number of carbonyl (C=O) groups excluding carboxylic acids is 3. The van der Waals surface area contributed by atoms with Gasteiger partial charge < -0.3 is 14.6 Å². The van der Waals surface area contributed by atoms with Gasteiger partial charge in [-0.2, -0.15) is 0 Å². The first-order chi connectivity index (χ1) is 16.0. The first-order valence-corrected chi connectivity index (χ1v) is 10.5. The monoisotopic (exact) mass is 456 g/mol. The lowest BCUT2D eigenvalue weighted by atomic mass is 9.92. The number of aliphatic hydroxyl groups excluding tert-OH is 1. The first kappa shape index (κ1) is 25.6. The summed E-state index contributed by atoms with van der Waals surface area (Å²) in [5.74, 6) is -1.02. The maximum absolute atomic E-state index is 12.6. The number of hydrogen-bond acceptors (Lipinski definition) is 7. The van der Waals surface area contributed by atoms with E-state index in [-0.39, 0.29) is 19.1 Å². The number of rotatable bonds is 11. The van der Waals surface area contributed by atoms with E-state index in [1.54, 1.807) is 60.7 Å². The summed E-state index contributed by atoms with van der Waals surface area (Å²) >= 11 is 0. The minimum atomic E-state index is -0.909. The average Bonchev–Trinajstić information content (AvgIpc) is 2.84. The maximum atomic E-state index is 12.6. The van der Waals surface area contributed by atoms with Crippen LogP contribution in [-0.2, 0) is 9.53 Å². The van der Waals surface area contributed by atoms with Crippen molar-refractivity contribution in [1.29, 1.82) is 0 Å². The minimum absolute atomic E-state index is 0.0653. The van der Waals surface area contributed by atoms with Crippen molar-refractivity contribution in [3.63, 3.8) is 0 Å². The molecular formula is C24H28N2O7. The first-order valence-electron chi connectivity index (χ1n) is 10.5. The number of alkyl carbamates (subject to hydrolysis) is 1. The van der Waals surface area contributed by atoms with E-state index < -0.39 is 24.0 Å². The Kier molecular flexibility index (Phi) is 10.6. The van der Waals surface area contributed by atoms with Crippen LogP contribution in [-0.4, -0.2) is 41.4 Å². The average molecular weight is 456 g/mol. The van der Waals surface area contributed by atoms with E-state index in [2.05, 4.69) is 5.32 Å². The number of carbonyl (C=O) groups is 3. The molecule has 2 rings (SSSR count). The molecule has 3 amide bonds. The fourth-order valence-corrected chi connectivity index (χ4v) is 3.13. The summed E-state index contributed by atoms with van der Waals surface area (Å²) in [6, 6.07) is 15.3. The highest BCUT2D eigenvalue weighted by atomic mass is 16.6. The van der Waals surface area contributed by atoms with E-state index in [1.165, 1.54) is 11.6 Å². The van der Waals surface area contributed by atoms with Gasteiger partial charge in [-0.15, -0.1) is 0 Å². The van der Waals surface area contributed by atoms with Crippen LogP contribution in [0.3, 0.4) is 0 Å². The molecule has 0 heterocycles. The van der Waals surface area contributed by atoms with Crippen LogP contribution in [0.2, 0.25) is 0 Å². The zero-order chi connectivity index (χ0) is 24.1. The fraction of sp³-hybridized carbons (Fsp3) is 0.292. The summed E-state index contributed by atoms with van der Waals surface area (Å²) in [5.41, 5.74) is 2.41. The quantitative estimate of drug-likeness (QED) is 0.232. The van der Waals surface area contributed by atoms with Gasteiger partial charge in [0.2, 0.25) is 0 Å². The molecule has 0 bridgehead atoms. The smallest absolute Gasteiger partial charge is 0.414 e. The third kappa shape index (κ3) is 8.40. The maximum Gasteiger partial charge on any atom is 0.414 e. The lowest BCUT2D eigenvalue weighted by molar-refractivity contribution is -0.124.